The molecule has 0 amide bonds. The third-order valence-electron chi connectivity index (χ3n) is 4.65. The van der Waals surface area contributed by atoms with Gasteiger partial charge in [0.25, 0.3) is 0 Å². The van der Waals surface area contributed by atoms with Crippen LogP contribution in [0.1, 0.15) is 6.42 Å². The summed E-state index contributed by atoms with van der Waals surface area (Å²) in [6.07, 6.45) is 2.39. The van der Waals surface area contributed by atoms with Crippen LogP contribution in [-0.4, -0.2) is 36.1 Å². The Morgan fingerprint density at radius 2 is 1.57 bits per heavy atom. The van der Waals surface area contributed by atoms with Crippen molar-refractivity contribution >= 4 is 0 Å². The molecule has 0 aliphatic rings. The van der Waals surface area contributed by atoms with E-state index in [1.165, 1.54) is 20.3 Å². The van der Waals surface area contributed by atoms with Crippen molar-refractivity contribution in [2.45, 2.75) is 6.42 Å². The molecule has 0 saturated heterocycles. The Hall–Kier alpha value is -3.80. The second-order valence-electron chi connectivity index (χ2n) is 6.54. The van der Waals surface area contributed by atoms with E-state index in [4.69, 9.17) is 14.2 Å². The summed E-state index contributed by atoms with van der Waals surface area (Å²) in [6, 6.07) is 13.1. The standard InChI is InChI=1S/C24H24O6/c1-4-5-12-30-20-11-8-16(13-19(20)26)22-21(28-2)14-18(24(29-3)23(22)27)15-6-9-17(25)10-7-15/h4,6-11,13-14,25-27H,1,5,12H2,2-3H3. The van der Waals surface area contributed by atoms with Gasteiger partial charge in [0.2, 0.25) is 0 Å². The lowest BCUT2D eigenvalue weighted by Gasteiger charge is -2.18. The maximum absolute atomic E-state index is 11.0. The first-order valence-electron chi connectivity index (χ1n) is 9.34. The summed E-state index contributed by atoms with van der Waals surface area (Å²) in [6.45, 7) is 4.04. The first-order chi connectivity index (χ1) is 14.5. The molecule has 6 heteroatoms. The molecule has 6 nitrogen and oxygen atoms in total. The Labute approximate surface area is 175 Å². The molecule has 0 saturated carbocycles. The molecule has 0 aromatic heterocycles. The van der Waals surface area contributed by atoms with Gasteiger partial charge in [-0.05, 0) is 47.9 Å². The van der Waals surface area contributed by atoms with E-state index < -0.39 is 0 Å². The fraction of sp³-hybridized carbons (Fsp3) is 0.167. The quantitative estimate of drug-likeness (QED) is 0.355. The SMILES string of the molecule is C=CCCOc1ccc(-c2c(OC)cc(-c3ccc(O)cc3)c(OC)c2O)cc1O. The van der Waals surface area contributed by atoms with Gasteiger partial charge in [0.15, 0.2) is 23.0 Å². The Balaban J connectivity index is 2.10. The topological polar surface area (TPSA) is 88.4 Å². The zero-order chi connectivity index (χ0) is 21.7. The Kier molecular flexibility index (Phi) is 6.37. The summed E-state index contributed by atoms with van der Waals surface area (Å²) in [5.74, 6) is 0.945. The zero-order valence-corrected chi connectivity index (χ0v) is 16.9. The number of benzene rings is 3. The lowest BCUT2D eigenvalue weighted by atomic mass is 9.96. The summed E-state index contributed by atoms with van der Waals surface area (Å²) >= 11 is 0. The minimum atomic E-state index is -0.125. The molecule has 0 spiro atoms. The minimum Gasteiger partial charge on any atom is -0.508 e. The van der Waals surface area contributed by atoms with Crippen LogP contribution in [0.4, 0.5) is 0 Å². The lowest BCUT2D eigenvalue weighted by molar-refractivity contribution is 0.306. The third-order valence-corrected chi connectivity index (χ3v) is 4.65. The highest BCUT2D eigenvalue weighted by molar-refractivity contribution is 5.88. The number of rotatable bonds is 8. The smallest absolute Gasteiger partial charge is 0.170 e. The second-order valence-corrected chi connectivity index (χ2v) is 6.54. The molecule has 0 heterocycles. The number of phenols is 3. The van der Waals surface area contributed by atoms with E-state index in [1.807, 2.05) is 0 Å². The van der Waals surface area contributed by atoms with Crippen molar-refractivity contribution in [1.82, 2.24) is 0 Å². The zero-order valence-electron chi connectivity index (χ0n) is 16.9. The van der Waals surface area contributed by atoms with Crippen molar-refractivity contribution < 1.29 is 29.5 Å². The van der Waals surface area contributed by atoms with Crippen molar-refractivity contribution in [3.63, 3.8) is 0 Å². The van der Waals surface area contributed by atoms with Gasteiger partial charge in [-0.2, -0.15) is 0 Å². The summed E-state index contributed by atoms with van der Waals surface area (Å²) in [4.78, 5) is 0. The number of ether oxygens (including phenoxy) is 3. The first kappa shape index (κ1) is 20.9. The lowest BCUT2D eigenvalue weighted by Crippen LogP contribution is -1.97. The highest BCUT2D eigenvalue weighted by atomic mass is 16.5. The molecular formula is C24H24O6. The average Bonchev–Trinajstić information content (AvgIpc) is 2.75. The van der Waals surface area contributed by atoms with Crippen LogP contribution in [-0.2, 0) is 0 Å². The van der Waals surface area contributed by atoms with E-state index in [1.54, 1.807) is 48.5 Å². The molecule has 0 radical (unpaired) electrons. The van der Waals surface area contributed by atoms with Crippen LogP contribution < -0.4 is 14.2 Å². The predicted molar refractivity (Wildman–Crippen MR) is 116 cm³/mol. The van der Waals surface area contributed by atoms with Gasteiger partial charge in [-0.25, -0.2) is 0 Å². The first-order valence-corrected chi connectivity index (χ1v) is 9.34. The van der Waals surface area contributed by atoms with Crippen molar-refractivity contribution in [2.75, 3.05) is 20.8 Å². The molecule has 0 fully saturated rings. The number of aromatic hydroxyl groups is 3. The molecule has 3 rings (SSSR count). The monoisotopic (exact) mass is 408 g/mol. The summed E-state index contributed by atoms with van der Waals surface area (Å²) in [7, 11) is 2.96. The van der Waals surface area contributed by atoms with Gasteiger partial charge in [0, 0.05) is 5.56 Å². The number of phenolic OH excluding ortho intramolecular Hbond substituents is 3. The van der Waals surface area contributed by atoms with Gasteiger partial charge in [0.05, 0.1) is 26.4 Å². The fourth-order valence-electron chi connectivity index (χ4n) is 3.18. The molecular weight excluding hydrogens is 384 g/mol. The van der Waals surface area contributed by atoms with E-state index in [0.717, 1.165) is 5.56 Å². The van der Waals surface area contributed by atoms with Crippen molar-refractivity contribution in [2.24, 2.45) is 0 Å². The molecule has 0 atom stereocenters. The van der Waals surface area contributed by atoms with Crippen LogP contribution in [0.25, 0.3) is 22.3 Å². The van der Waals surface area contributed by atoms with Gasteiger partial charge in [-0.1, -0.05) is 24.3 Å². The highest BCUT2D eigenvalue weighted by Crippen LogP contribution is 2.50. The van der Waals surface area contributed by atoms with Crippen LogP contribution in [0, 0.1) is 0 Å². The molecule has 3 aromatic carbocycles. The summed E-state index contributed by atoms with van der Waals surface area (Å²) < 4.78 is 16.5. The van der Waals surface area contributed by atoms with Gasteiger partial charge in [-0.15, -0.1) is 6.58 Å². The van der Waals surface area contributed by atoms with Crippen molar-refractivity contribution in [1.29, 1.82) is 0 Å². The fourth-order valence-corrected chi connectivity index (χ4v) is 3.18. The number of hydrogen-bond acceptors (Lipinski definition) is 6. The van der Waals surface area contributed by atoms with Crippen LogP contribution in [0.5, 0.6) is 34.5 Å². The highest BCUT2D eigenvalue weighted by Gasteiger charge is 2.22. The molecule has 0 unspecified atom stereocenters. The van der Waals surface area contributed by atoms with Crippen LogP contribution in [0.3, 0.4) is 0 Å². The van der Waals surface area contributed by atoms with Crippen LogP contribution >= 0.6 is 0 Å². The maximum atomic E-state index is 11.0. The van der Waals surface area contributed by atoms with Crippen molar-refractivity contribution in [3.8, 4) is 56.8 Å². The van der Waals surface area contributed by atoms with Gasteiger partial charge in [0.1, 0.15) is 11.5 Å². The van der Waals surface area contributed by atoms with Crippen LogP contribution in [0.15, 0.2) is 61.2 Å². The Morgan fingerprint density at radius 3 is 2.17 bits per heavy atom. The van der Waals surface area contributed by atoms with Gasteiger partial charge in [-0.3, -0.25) is 0 Å². The van der Waals surface area contributed by atoms with E-state index >= 15 is 0 Å². The maximum Gasteiger partial charge on any atom is 0.170 e. The molecule has 3 aromatic rings. The molecule has 0 aliphatic heterocycles. The van der Waals surface area contributed by atoms with Gasteiger partial charge < -0.3 is 29.5 Å². The molecule has 3 N–H and O–H groups in total. The predicted octanol–water partition coefficient (Wildman–Crippen LogP) is 5.11. The number of hydrogen-bond donors (Lipinski definition) is 3. The third kappa shape index (κ3) is 4.12. The number of methoxy groups -OCH3 is 2. The molecule has 156 valence electrons. The Bertz CT molecular complexity index is 1040. The van der Waals surface area contributed by atoms with E-state index in [-0.39, 0.29) is 23.0 Å². The van der Waals surface area contributed by atoms with E-state index in [0.29, 0.717) is 41.2 Å². The summed E-state index contributed by atoms with van der Waals surface area (Å²) in [5, 5.41) is 30.9. The Morgan fingerprint density at radius 1 is 0.867 bits per heavy atom. The average molecular weight is 408 g/mol. The van der Waals surface area contributed by atoms with Crippen LogP contribution in [0.2, 0.25) is 0 Å². The van der Waals surface area contributed by atoms with E-state index in [2.05, 4.69) is 6.58 Å². The van der Waals surface area contributed by atoms with E-state index in [9.17, 15) is 15.3 Å². The van der Waals surface area contributed by atoms with Gasteiger partial charge >= 0.3 is 0 Å². The second kappa shape index (κ2) is 9.13. The largest absolute Gasteiger partial charge is 0.508 e. The minimum absolute atomic E-state index is 0.0559. The molecule has 30 heavy (non-hydrogen) atoms. The molecule has 0 aliphatic carbocycles. The summed E-state index contributed by atoms with van der Waals surface area (Å²) in [5.41, 5.74) is 2.25. The normalized spacial score (nSPS) is 10.5. The van der Waals surface area contributed by atoms with Crippen molar-refractivity contribution in [3.05, 3.63) is 61.2 Å². The molecule has 0 bridgehead atoms.